The molecule has 0 saturated carbocycles. The first kappa shape index (κ1) is 12.9. The van der Waals surface area contributed by atoms with Crippen LogP contribution in [-0.2, 0) is 18.2 Å². The summed E-state index contributed by atoms with van der Waals surface area (Å²) in [5, 5.41) is 4.16. The molecule has 6 heteroatoms. The molecule has 2 rings (SSSR count). The van der Waals surface area contributed by atoms with E-state index in [-0.39, 0.29) is 12.1 Å². The molecule has 0 aromatic carbocycles. The Kier molecular flexibility index (Phi) is 4.85. The molecule has 0 bridgehead atoms. The smallest absolute Gasteiger partial charge is 0.0832 e. The van der Waals surface area contributed by atoms with Gasteiger partial charge in [0.2, 0.25) is 0 Å². The number of aromatic nitrogens is 2. The van der Waals surface area contributed by atoms with Crippen molar-refractivity contribution in [1.82, 2.24) is 15.2 Å². The second-order valence-corrected chi connectivity index (χ2v) is 5.39. The Morgan fingerprint density at radius 1 is 1.76 bits per heavy atom. The molecular formula is C11H20N4OS. The maximum Gasteiger partial charge on any atom is 0.0832 e. The molecule has 3 N–H and O–H groups in total. The van der Waals surface area contributed by atoms with Crippen LogP contribution in [0.3, 0.4) is 0 Å². The fraction of sp³-hybridized carbons (Fsp3) is 0.727. The average Bonchev–Trinajstić information content (AvgIpc) is 2.77. The number of nitrogens with one attached hydrogen (secondary N) is 1. The Bertz CT molecular complexity index is 338. The van der Waals surface area contributed by atoms with Gasteiger partial charge in [-0.05, 0) is 18.9 Å². The molecule has 1 saturated heterocycles. The first-order valence-electron chi connectivity index (χ1n) is 5.93. The van der Waals surface area contributed by atoms with E-state index in [2.05, 4.69) is 10.5 Å². The lowest BCUT2D eigenvalue weighted by atomic mass is 10.1. The SMILES string of the molecule is Cn1nccc1CCC(NN)C1CSCCO1. The summed E-state index contributed by atoms with van der Waals surface area (Å²) < 4.78 is 7.65. The molecule has 0 amide bonds. The van der Waals surface area contributed by atoms with Crippen LogP contribution in [-0.4, -0.2) is 40.0 Å². The largest absolute Gasteiger partial charge is 0.375 e. The maximum absolute atomic E-state index is 5.75. The summed E-state index contributed by atoms with van der Waals surface area (Å²) in [7, 11) is 1.97. The van der Waals surface area contributed by atoms with Crippen molar-refractivity contribution in [2.24, 2.45) is 12.9 Å². The number of hydrogen-bond acceptors (Lipinski definition) is 5. The van der Waals surface area contributed by atoms with E-state index in [0.29, 0.717) is 0 Å². The number of ether oxygens (including phenoxy) is 1. The van der Waals surface area contributed by atoms with Crippen molar-refractivity contribution < 1.29 is 4.74 Å². The van der Waals surface area contributed by atoms with E-state index in [4.69, 9.17) is 10.6 Å². The van der Waals surface area contributed by atoms with Gasteiger partial charge in [0.05, 0.1) is 12.7 Å². The minimum atomic E-state index is 0.220. The number of rotatable bonds is 5. The average molecular weight is 256 g/mol. The predicted molar refractivity (Wildman–Crippen MR) is 69.7 cm³/mol. The topological polar surface area (TPSA) is 65.1 Å². The van der Waals surface area contributed by atoms with Crippen LogP contribution in [0.15, 0.2) is 12.3 Å². The number of hydrogen-bond donors (Lipinski definition) is 2. The highest BCUT2D eigenvalue weighted by molar-refractivity contribution is 7.99. The summed E-state index contributed by atoms with van der Waals surface area (Å²) in [5.74, 6) is 7.74. The third-order valence-corrected chi connectivity index (χ3v) is 4.16. The summed E-state index contributed by atoms with van der Waals surface area (Å²) >= 11 is 1.94. The summed E-state index contributed by atoms with van der Waals surface area (Å²) in [6, 6.07) is 2.27. The van der Waals surface area contributed by atoms with E-state index in [1.165, 1.54) is 5.69 Å². The van der Waals surface area contributed by atoms with Crippen LogP contribution in [0.1, 0.15) is 12.1 Å². The zero-order valence-corrected chi connectivity index (χ0v) is 10.9. The third kappa shape index (κ3) is 3.45. The third-order valence-electron chi connectivity index (χ3n) is 3.14. The predicted octanol–water partition coefficient (Wildman–Crippen LogP) is 0.317. The van der Waals surface area contributed by atoms with Gasteiger partial charge < -0.3 is 4.74 Å². The van der Waals surface area contributed by atoms with Gasteiger partial charge in [0.1, 0.15) is 0 Å². The zero-order valence-electron chi connectivity index (χ0n) is 10.1. The molecule has 1 aliphatic heterocycles. The molecule has 2 heterocycles. The van der Waals surface area contributed by atoms with Gasteiger partial charge in [-0.25, -0.2) is 0 Å². The van der Waals surface area contributed by atoms with Crippen LogP contribution in [0, 0.1) is 0 Å². The summed E-state index contributed by atoms with van der Waals surface area (Å²) in [4.78, 5) is 0. The Balaban J connectivity index is 1.84. The van der Waals surface area contributed by atoms with E-state index in [9.17, 15) is 0 Å². The lowest BCUT2D eigenvalue weighted by Gasteiger charge is -2.29. The maximum atomic E-state index is 5.75. The Labute approximate surface area is 106 Å². The van der Waals surface area contributed by atoms with Crippen molar-refractivity contribution in [3.05, 3.63) is 18.0 Å². The summed E-state index contributed by atoms with van der Waals surface area (Å²) in [6.07, 6.45) is 4.00. The van der Waals surface area contributed by atoms with Gasteiger partial charge >= 0.3 is 0 Å². The molecule has 0 spiro atoms. The number of nitrogens with two attached hydrogens (primary N) is 1. The fourth-order valence-electron chi connectivity index (χ4n) is 2.06. The number of thioether (sulfide) groups is 1. The Morgan fingerprint density at radius 2 is 2.65 bits per heavy atom. The van der Waals surface area contributed by atoms with E-state index in [1.807, 2.05) is 35.8 Å². The van der Waals surface area contributed by atoms with Crippen molar-refractivity contribution in [3.8, 4) is 0 Å². The molecule has 0 radical (unpaired) electrons. The fourth-order valence-corrected chi connectivity index (χ4v) is 3.01. The van der Waals surface area contributed by atoms with Gasteiger partial charge in [0.15, 0.2) is 0 Å². The van der Waals surface area contributed by atoms with Gasteiger partial charge in [0, 0.05) is 36.5 Å². The minimum absolute atomic E-state index is 0.220. The molecule has 1 aliphatic rings. The van der Waals surface area contributed by atoms with Gasteiger partial charge in [-0.15, -0.1) is 0 Å². The summed E-state index contributed by atoms with van der Waals surface area (Å²) in [5.41, 5.74) is 4.12. The van der Waals surface area contributed by atoms with Crippen molar-refractivity contribution in [3.63, 3.8) is 0 Å². The van der Waals surface area contributed by atoms with E-state index in [1.54, 1.807) is 0 Å². The van der Waals surface area contributed by atoms with E-state index >= 15 is 0 Å². The van der Waals surface area contributed by atoms with Crippen molar-refractivity contribution in [2.45, 2.75) is 25.0 Å². The molecule has 0 aliphatic carbocycles. The Morgan fingerprint density at radius 3 is 3.24 bits per heavy atom. The van der Waals surface area contributed by atoms with Crippen molar-refractivity contribution >= 4 is 11.8 Å². The molecule has 1 fully saturated rings. The van der Waals surface area contributed by atoms with E-state index in [0.717, 1.165) is 31.0 Å². The highest BCUT2D eigenvalue weighted by Gasteiger charge is 2.23. The lowest BCUT2D eigenvalue weighted by Crippen LogP contribution is -2.48. The minimum Gasteiger partial charge on any atom is -0.375 e. The molecule has 1 aromatic heterocycles. The molecule has 17 heavy (non-hydrogen) atoms. The number of nitrogens with zero attached hydrogens (tertiary/aromatic N) is 2. The standard InChI is InChI=1S/C11H20N4OS/c1-15-9(4-5-13-15)2-3-10(14-12)11-8-17-7-6-16-11/h4-5,10-11,14H,2-3,6-8,12H2,1H3. The molecular weight excluding hydrogens is 236 g/mol. The van der Waals surface area contributed by atoms with Gasteiger partial charge in [-0.1, -0.05) is 0 Å². The second kappa shape index (κ2) is 6.39. The zero-order chi connectivity index (χ0) is 12.1. The van der Waals surface area contributed by atoms with Gasteiger partial charge in [-0.3, -0.25) is 16.0 Å². The van der Waals surface area contributed by atoms with Crippen LogP contribution >= 0.6 is 11.8 Å². The van der Waals surface area contributed by atoms with Crippen LogP contribution in [0.25, 0.3) is 0 Å². The highest BCUT2D eigenvalue weighted by atomic mass is 32.2. The van der Waals surface area contributed by atoms with Crippen LogP contribution in [0.5, 0.6) is 0 Å². The molecule has 2 atom stereocenters. The lowest BCUT2D eigenvalue weighted by molar-refractivity contribution is 0.0448. The molecule has 2 unspecified atom stereocenters. The van der Waals surface area contributed by atoms with Gasteiger partial charge in [-0.2, -0.15) is 16.9 Å². The number of hydrazine groups is 1. The van der Waals surface area contributed by atoms with Crippen LogP contribution in [0.2, 0.25) is 0 Å². The normalized spacial score (nSPS) is 22.6. The monoisotopic (exact) mass is 256 g/mol. The Hall–Kier alpha value is -0.560. The molecule has 5 nitrogen and oxygen atoms in total. The quantitative estimate of drug-likeness (QED) is 0.586. The summed E-state index contributed by atoms with van der Waals surface area (Å²) in [6.45, 7) is 0.833. The second-order valence-electron chi connectivity index (χ2n) is 4.24. The number of aryl methyl sites for hydroxylation is 2. The van der Waals surface area contributed by atoms with Crippen LogP contribution in [0.4, 0.5) is 0 Å². The first-order valence-corrected chi connectivity index (χ1v) is 7.09. The molecule has 1 aromatic rings. The first-order chi connectivity index (χ1) is 8.31. The highest BCUT2D eigenvalue weighted by Crippen LogP contribution is 2.18. The van der Waals surface area contributed by atoms with E-state index < -0.39 is 0 Å². The van der Waals surface area contributed by atoms with Gasteiger partial charge in [0.25, 0.3) is 0 Å². The molecule has 96 valence electrons. The van der Waals surface area contributed by atoms with Crippen molar-refractivity contribution in [1.29, 1.82) is 0 Å². The van der Waals surface area contributed by atoms with Crippen molar-refractivity contribution in [2.75, 3.05) is 18.1 Å². The van der Waals surface area contributed by atoms with Crippen LogP contribution < -0.4 is 11.3 Å².